The molecule has 1 unspecified atom stereocenters. The lowest BCUT2D eigenvalue weighted by atomic mass is 10.1. The molecular weight excluding hydrogens is 631 g/mol. The Balaban J connectivity index is 1.87. The quantitative estimate of drug-likeness (QED) is 0.173. The number of fused-ring (bicyclic) bond motifs is 3. The van der Waals surface area contributed by atoms with Gasteiger partial charge in [0, 0.05) is 43.3 Å². The molecule has 5 rings (SSSR count). The minimum atomic E-state index is -2.74. The van der Waals surface area contributed by atoms with E-state index in [1.165, 1.54) is 21.8 Å². The van der Waals surface area contributed by atoms with E-state index >= 15 is 0 Å². The van der Waals surface area contributed by atoms with E-state index in [1.807, 2.05) is 42.5 Å². The van der Waals surface area contributed by atoms with Crippen LogP contribution in [0.15, 0.2) is 98.6 Å². The summed E-state index contributed by atoms with van der Waals surface area (Å²) in [4.78, 5) is 0. The fourth-order valence-electron chi connectivity index (χ4n) is 4.75. The van der Waals surface area contributed by atoms with E-state index in [0.29, 0.717) is 5.02 Å². The van der Waals surface area contributed by atoms with Crippen LogP contribution in [0, 0.1) is 0 Å². The molecule has 37 heavy (non-hydrogen) atoms. The molecular formula is C30H28Br2ClN2OP. The lowest BCUT2D eigenvalue weighted by Crippen LogP contribution is -2.27. The molecule has 3 nitrogen and oxygen atoms in total. The highest BCUT2D eigenvalue weighted by molar-refractivity contribution is 9.11. The van der Waals surface area contributed by atoms with Gasteiger partial charge < -0.3 is 9.09 Å². The molecule has 4 aromatic carbocycles. The van der Waals surface area contributed by atoms with Crippen molar-refractivity contribution in [2.45, 2.75) is 39.4 Å². The number of hydrogen-bond donors (Lipinski definition) is 0. The van der Waals surface area contributed by atoms with Crippen molar-refractivity contribution in [2.24, 2.45) is 4.74 Å². The predicted molar refractivity (Wildman–Crippen MR) is 167 cm³/mol. The Morgan fingerprint density at radius 3 is 2.27 bits per heavy atom. The summed E-state index contributed by atoms with van der Waals surface area (Å²) in [6.45, 7) is 9.69. The standard InChI is InChI=1S/C30H28Br2ClN2OP/c1-5-35-27-13-9-6-10-22(27)23-19-21(15-16-28(23)35)37(30(2,3)4,34-26-12-8-7-11-25(26)33)36-29-17-14-20(31)18-24(29)32/h6-19H,5H2,1-4H3. The third-order valence-electron chi connectivity index (χ3n) is 6.56. The summed E-state index contributed by atoms with van der Waals surface area (Å²) < 4.78 is 16.7. The van der Waals surface area contributed by atoms with Crippen LogP contribution < -0.4 is 9.83 Å². The monoisotopic (exact) mass is 656 g/mol. The summed E-state index contributed by atoms with van der Waals surface area (Å²) in [5.41, 5.74) is 3.18. The van der Waals surface area contributed by atoms with Gasteiger partial charge in [-0.1, -0.05) is 78.6 Å². The summed E-state index contributed by atoms with van der Waals surface area (Å²) >= 11 is 13.9. The Kier molecular flexibility index (Phi) is 7.37. The predicted octanol–water partition coefficient (Wildman–Crippen LogP) is 10.9. The van der Waals surface area contributed by atoms with E-state index in [-0.39, 0.29) is 5.16 Å². The SMILES string of the molecule is CCn1c2ccccc2c2cc(P(=Nc3ccccc3Cl)(Oc3ccc(Br)cc3Br)C(C)(C)C)ccc21. The van der Waals surface area contributed by atoms with Crippen molar-refractivity contribution < 1.29 is 4.52 Å². The van der Waals surface area contributed by atoms with Crippen LogP contribution >= 0.6 is 50.7 Å². The van der Waals surface area contributed by atoms with Crippen LogP contribution in [0.3, 0.4) is 0 Å². The molecule has 0 fully saturated rings. The Bertz CT molecular complexity index is 1690. The third-order valence-corrected chi connectivity index (χ3v) is 11.7. The number of halogens is 3. The first kappa shape index (κ1) is 26.6. The molecule has 0 saturated carbocycles. The molecule has 0 aliphatic rings. The zero-order valence-electron chi connectivity index (χ0n) is 21.2. The van der Waals surface area contributed by atoms with Gasteiger partial charge in [-0.25, -0.2) is 4.74 Å². The lowest BCUT2D eigenvalue weighted by molar-refractivity contribution is 0.568. The highest BCUT2D eigenvalue weighted by Crippen LogP contribution is 2.63. The number of benzene rings is 4. The number of rotatable bonds is 5. The summed E-state index contributed by atoms with van der Waals surface area (Å²) in [5, 5.41) is 3.78. The molecule has 0 aliphatic heterocycles. The Hall–Kier alpha value is -2.04. The fourth-order valence-corrected chi connectivity index (χ4v) is 9.35. The molecule has 190 valence electrons. The average Bonchev–Trinajstić information content (AvgIpc) is 3.18. The number of para-hydroxylation sites is 1. The first-order chi connectivity index (χ1) is 17.6. The van der Waals surface area contributed by atoms with E-state index in [9.17, 15) is 0 Å². The van der Waals surface area contributed by atoms with Crippen LogP contribution in [0.25, 0.3) is 21.8 Å². The lowest BCUT2D eigenvalue weighted by Gasteiger charge is -2.37. The number of aryl methyl sites for hydroxylation is 1. The summed E-state index contributed by atoms with van der Waals surface area (Å²) in [5.74, 6) is 0.748. The smallest absolute Gasteiger partial charge is 0.173 e. The zero-order chi connectivity index (χ0) is 26.4. The molecule has 0 spiro atoms. The second-order valence-electron chi connectivity index (χ2n) is 9.93. The van der Waals surface area contributed by atoms with Crippen molar-refractivity contribution in [1.29, 1.82) is 0 Å². The van der Waals surface area contributed by atoms with Crippen LogP contribution in [0.4, 0.5) is 5.69 Å². The average molecular weight is 659 g/mol. The first-order valence-electron chi connectivity index (χ1n) is 12.2. The van der Waals surface area contributed by atoms with Crippen LogP contribution in [-0.2, 0) is 6.54 Å². The van der Waals surface area contributed by atoms with Gasteiger partial charge in [0.1, 0.15) is 5.75 Å². The number of hydrogen-bond acceptors (Lipinski definition) is 2. The highest BCUT2D eigenvalue weighted by atomic mass is 79.9. The summed E-state index contributed by atoms with van der Waals surface area (Å²) in [6.07, 6.45) is 0. The maximum absolute atomic E-state index is 7.10. The van der Waals surface area contributed by atoms with Crippen molar-refractivity contribution in [3.05, 3.63) is 98.9 Å². The van der Waals surface area contributed by atoms with Gasteiger partial charge in [-0.2, -0.15) is 0 Å². The van der Waals surface area contributed by atoms with Gasteiger partial charge in [-0.05, 0) is 77.5 Å². The zero-order valence-corrected chi connectivity index (χ0v) is 26.0. The first-order valence-corrected chi connectivity index (χ1v) is 15.8. The maximum Gasteiger partial charge on any atom is 0.173 e. The van der Waals surface area contributed by atoms with Gasteiger partial charge >= 0.3 is 0 Å². The van der Waals surface area contributed by atoms with Gasteiger partial charge in [0.15, 0.2) is 7.28 Å². The van der Waals surface area contributed by atoms with Crippen molar-refractivity contribution in [3.8, 4) is 5.75 Å². The van der Waals surface area contributed by atoms with Crippen molar-refractivity contribution in [3.63, 3.8) is 0 Å². The van der Waals surface area contributed by atoms with Gasteiger partial charge in [0.2, 0.25) is 0 Å². The molecule has 0 bridgehead atoms. The third kappa shape index (κ3) is 4.81. The second kappa shape index (κ2) is 10.3. The maximum atomic E-state index is 7.10. The molecule has 0 radical (unpaired) electrons. The molecule has 0 N–H and O–H groups in total. The van der Waals surface area contributed by atoms with Crippen LogP contribution in [0.5, 0.6) is 5.75 Å². The topological polar surface area (TPSA) is 26.5 Å². The highest BCUT2D eigenvalue weighted by Gasteiger charge is 2.40. The van der Waals surface area contributed by atoms with Gasteiger partial charge in [0.05, 0.1) is 15.2 Å². The molecule has 5 aromatic rings. The Labute approximate surface area is 240 Å². The number of aromatic nitrogens is 1. The molecule has 0 saturated heterocycles. The molecule has 0 aliphatic carbocycles. The second-order valence-corrected chi connectivity index (χ2v) is 15.5. The summed E-state index contributed by atoms with van der Waals surface area (Å²) in [7, 11) is -2.74. The van der Waals surface area contributed by atoms with Crippen molar-refractivity contribution in [2.75, 3.05) is 0 Å². The molecule has 7 heteroatoms. The van der Waals surface area contributed by atoms with Crippen LogP contribution in [0.1, 0.15) is 27.7 Å². The summed E-state index contributed by atoms with van der Waals surface area (Å²) in [6, 6.07) is 29.0. The van der Waals surface area contributed by atoms with E-state index in [1.54, 1.807) is 0 Å². The minimum absolute atomic E-state index is 0.338. The fraction of sp³-hybridized carbons (Fsp3) is 0.200. The van der Waals surface area contributed by atoms with E-state index in [4.69, 9.17) is 20.9 Å². The normalized spacial score (nSPS) is 13.6. The largest absolute Gasteiger partial charge is 0.454 e. The van der Waals surface area contributed by atoms with E-state index in [0.717, 1.165) is 32.2 Å². The van der Waals surface area contributed by atoms with E-state index in [2.05, 4.69) is 107 Å². The van der Waals surface area contributed by atoms with E-state index < -0.39 is 7.28 Å². The van der Waals surface area contributed by atoms with Crippen molar-refractivity contribution >= 4 is 83.5 Å². The number of nitrogens with zero attached hydrogens (tertiary/aromatic N) is 2. The van der Waals surface area contributed by atoms with Gasteiger partial charge in [-0.15, -0.1) is 0 Å². The Morgan fingerprint density at radius 2 is 1.57 bits per heavy atom. The van der Waals surface area contributed by atoms with Gasteiger partial charge in [-0.3, -0.25) is 0 Å². The van der Waals surface area contributed by atoms with Gasteiger partial charge in [0.25, 0.3) is 0 Å². The molecule has 1 aromatic heterocycles. The molecule has 1 heterocycles. The Morgan fingerprint density at radius 1 is 0.865 bits per heavy atom. The van der Waals surface area contributed by atoms with Crippen LogP contribution in [-0.4, -0.2) is 9.72 Å². The molecule has 1 atom stereocenters. The van der Waals surface area contributed by atoms with Crippen molar-refractivity contribution in [1.82, 2.24) is 4.57 Å². The molecule has 0 amide bonds. The van der Waals surface area contributed by atoms with Crippen LogP contribution in [0.2, 0.25) is 5.02 Å². The minimum Gasteiger partial charge on any atom is -0.454 e.